The van der Waals surface area contributed by atoms with Crippen molar-refractivity contribution in [3.63, 3.8) is 0 Å². The molecule has 1 aliphatic rings. The molecule has 2 heteroatoms. The molecule has 0 radical (unpaired) electrons. The Morgan fingerprint density at radius 3 is 2.32 bits per heavy atom. The molecule has 0 saturated carbocycles. The summed E-state index contributed by atoms with van der Waals surface area (Å²) >= 11 is 0. The number of aromatic nitrogens is 2. The van der Waals surface area contributed by atoms with Crippen LogP contribution < -0.4 is 0 Å². The monoisotopic (exact) mass is 296 g/mol. The fourth-order valence-corrected chi connectivity index (χ4v) is 3.62. The molecule has 1 heterocycles. The number of nitrogens with zero attached hydrogens (tertiary/aromatic N) is 2. The van der Waals surface area contributed by atoms with E-state index in [0.717, 1.165) is 18.7 Å². The normalized spacial score (nSPS) is 19.0. The molecule has 1 aromatic carbocycles. The van der Waals surface area contributed by atoms with E-state index in [1.807, 2.05) is 11.6 Å². The molecule has 0 amide bonds. The van der Waals surface area contributed by atoms with Gasteiger partial charge in [0.05, 0.1) is 5.69 Å². The summed E-state index contributed by atoms with van der Waals surface area (Å²) in [7, 11) is 0. The van der Waals surface area contributed by atoms with E-state index in [2.05, 4.69) is 63.3 Å². The summed E-state index contributed by atoms with van der Waals surface area (Å²) in [5.41, 5.74) is 6.22. The van der Waals surface area contributed by atoms with Crippen LogP contribution in [0.4, 0.5) is 0 Å². The van der Waals surface area contributed by atoms with Crippen molar-refractivity contribution in [1.29, 1.82) is 0 Å². The number of hydrogen-bond donors (Lipinski definition) is 0. The predicted octanol–water partition coefficient (Wildman–Crippen LogP) is 4.78. The zero-order valence-electron chi connectivity index (χ0n) is 14.6. The van der Waals surface area contributed by atoms with Crippen molar-refractivity contribution in [2.24, 2.45) is 0 Å². The topological polar surface area (TPSA) is 17.8 Å². The summed E-state index contributed by atoms with van der Waals surface area (Å²) in [6.45, 7) is 12.5. The second-order valence-corrected chi connectivity index (χ2v) is 8.12. The van der Waals surface area contributed by atoms with Gasteiger partial charge in [-0.25, -0.2) is 0 Å². The van der Waals surface area contributed by atoms with Gasteiger partial charge in [0, 0.05) is 12.7 Å². The molecule has 2 aromatic rings. The SMILES string of the molecule is Cc1ccn(CCc2ccc3c(c2)C(C)(C)CCC3(C)C)n1. The van der Waals surface area contributed by atoms with E-state index in [1.165, 1.54) is 18.4 Å². The zero-order chi connectivity index (χ0) is 16.0. The van der Waals surface area contributed by atoms with E-state index in [0.29, 0.717) is 10.8 Å². The summed E-state index contributed by atoms with van der Waals surface area (Å²) in [4.78, 5) is 0. The van der Waals surface area contributed by atoms with Gasteiger partial charge in [-0.1, -0.05) is 45.9 Å². The molecule has 0 fully saturated rings. The van der Waals surface area contributed by atoms with E-state index in [4.69, 9.17) is 0 Å². The van der Waals surface area contributed by atoms with Crippen LogP contribution in [0.3, 0.4) is 0 Å². The third kappa shape index (κ3) is 2.84. The van der Waals surface area contributed by atoms with Crippen LogP contribution in [-0.4, -0.2) is 9.78 Å². The zero-order valence-corrected chi connectivity index (χ0v) is 14.6. The van der Waals surface area contributed by atoms with E-state index < -0.39 is 0 Å². The van der Waals surface area contributed by atoms with E-state index in [1.54, 1.807) is 11.1 Å². The van der Waals surface area contributed by atoms with Gasteiger partial charge in [-0.2, -0.15) is 5.10 Å². The number of fused-ring (bicyclic) bond motifs is 1. The molecule has 0 bridgehead atoms. The van der Waals surface area contributed by atoms with Crippen LogP contribution in [-0.2, 0) is 23.8 Å². The summed E-state index contributed by atoms with van der Waals surface area (Å²) in [5, 5.41) is 4.48. The highest BCUT2D eigenvalue weighted by Gasteiger charge is 2.36. The van der Waals surface area contributed by atoms with E-state index in [9.17, 15) is 0 Å². The summed E-state index contributed by atoms with van der Waals surface area (Å²) in [6.07, 6.45) is 5.67. The van der Waals surface area contributed by atoms with Crippen molar-refractivity contribution in [3.05, 3.63) is 52.8 Å². The molecule has 0 spiro atoms. The molecule has 0 atom stereocenters. The molecule has 3 rings (SSSR count). The Kier molecular flexibility index (Phi) is 3.66. The molecule has 1 aliphatic carbocycles. The molecule has 2 nitrogen and oxygen atoms in total. The molecule has 0 N–H and O–H groups in total. The Hall–Kier alpha value is -1.57. The third-order valence-corrected chi connectivity index (χ3v) is 5.32. The lowest BCUT2D eigenvalue weighted by molar-refractivity contribution is 0.331. The van der Waals surface area contributed by atoms with Crippen molar-refractivity contribution in [2.45, 2.75) is 71.3 Å². The van der Waals surface area contributed by atoms with Gasteiger partial charge in [-0.15, -0.1) is 0 Å². The van der Waals surface area contributed by atoms with E-state index >= 15 is 0 Å². The lowest BCUT2D eigenvalue weighted by Crippen LogP contribution is -2.33. The largest absolute Gasteiger partial charge is 0.272 e. The maximum atomic E-state index is 4.48. The Bertz CT molecular complexity index is 677. The minimum absolute atomic E-state index is 0.295. The van der Waals surface area contributed by atoms with Crippen LogP contribution in [0.15, 0.2) is 30.5 Å². The fraction of sp³-hybridized carbons (Fsp3) is 0.550. The molecule has 0 aliphatic heterocycles. The van der Waals surface area contributed by atoms with Crippen LogP contribution in [0.25, 0.3) is 0 Å². The van der Waals surface area contributed by atoms with Gasteiger partial charge in [0.2, 0.25) is 0 Å². The summed E-state index contributed by atoms with van der Waals surface area (Å²) in [6, 6.07) is 9.21. The molecule has 0 unspecified atom stereocenters. The highest BCUT2D eigenvalue weighted by molar-refractivity contribution is 5.43. The van der Waals surface area contributed by atoms with Crippen LogP contribution in [0.5, 0.6) is 0 Å². The summed E-state index contributed by atoms with van der Waals surface area (Å²) < 4.78 is 2.05. The van der Waals surface area contributed by atoms with Gasteiger partial charge in [0.15, 0.2) is 0 Å². The average Bonchev–Trinajstić information content (AvgIpc) is 2.87. The van der Waals surface area contributed by atoms with Crippen molar-refractivity contribution in [1.82, 2.24) is 9.78 Å². The highest BCUT2D eigenvalue weighted by atomic mass is 15.3. The van der Waals surface area contributed by atoms with Crippen molar-refractivity contribution in [2.75, 3.05) is 0 Å². The lowest BCUT2D eigenvalue weighted by atomic mass is 9.63. The summed E-state index contributed by atoms with van der Waals surface area (Å²) in [5.74, 6) is 0. The van der Waals surface area contributed by atoms with Crippen LogP contribution in [0.1, 0.15) is 62.9 Å². The first-order valence-electron chi connectivity index (χ1n) is 8.42. The Labute approximate surface area is 134 Å². The van der Waals surface area contributed by atoms with Gasteiger partial charge in [-0.05, 0) is 59.8 Å². The quantitative estimate of drug-likeness (QED) is 0.796. The maximum Gasteiger partial charge on any atom is 0.0593 e. The van der Waals surface area contributed by atoms with Gasteiger partial charge in [0.25, 0.3) is 0 Å². The standard InChI is InChI=1S/C20H28N2/c1-15-8-12-22(21-15)13-9-16-6-7-17-18(14-16)20(4,5)11-10-19(17,2)3/h6-8,12,14H,9-11,13H2,1-5H3. The average molecular weight is 296 g/mol. The molecular weight excluding hydrogens is 268 g/mol. The minimum atomic E-state index is 0.295. The van der Waals surface area contributed by atoms with Crippen LogP contribution >= 0.6 is 0 Å². The van der Waals surface area contributed by atoms with Gasteiger partial charge in [-0.3, -0.25) is 4.68 Å². The van der Waals surface area contributed by atoms with E-state index in [-0.39, 0.29) is 0 Å². The molecule has 118 valence electrons. The highest BCUT2D eigenvalue weighted by Crippen LogP contribution is 2.45. The van der Waals surface area contributed by atoms with Gasteiger partial charge >= 0.3 is 0 Å². The number of hydrogen-bond acceptors (Lipinski definition) is 1. The second-order valence-electron chi connectivity index (χ2n) is 8.12. The molecular formula is C20H28N2. The number of benzene rings is 1. The van der Waals surface area contributed by atoms with Crippen molar-refractivity contribution < 1.29 is 0 Å². The first-order valence-corrected chi connectivity index (χ1v) is 8.42. The Balaban J connectivity index is 1.86. The Morgan fingerprint density at radius 1 is 1.00 bits per heavy atom. The van der Waals surface area contributed by atoms with Gasteiger partial charge in [0.1, 0.15) is 0 Å². The van der Waals surface area contributed by atoms with Crippen LogP contribution in [0, 0.1) is 6.92 Å². The maximum absolute atomic E-state index is 4.48. The molecule has 0 saturated heterocycles. The first-order chi connectivity index (χ1) is 10.3. The second kappa shape index (κ2) is 5.26. The number of rotatable bonds is 3. The lowest BCUT2D eigenvalue weighted by Gasteiger charge is -2.42. The Morgan fingerprint density at radius 2 is 1.68 bits per heavy atom. The fourth-order valence-electron chi connectivity index (χ4n) is 3.62. The van der Waals surface area contributed by atoms with Gasteiger partial charge < -0.3 is 0 Å². The first kappa shape index (κ1) is 15.3. The number of aryl methyl sites for hydroxylation is 3. The van der Waals surface area contributed by atoms with Crippen molar-refractivity contribution in [3.8, 4) is 0 Å². The van der Waals surface area contributed by atoms with Crippen molar-refractivity contribution >= 4 is 0 Å². The third-order valence-electron chi connectivity index (χ3n) is 5.32. The predicted molar refractivity (Wildman–Crippen MR) is 92.4 cm³/mol. The molecule has 1 aromatic heterocycles. The smallest absolute Gasteiger partial charge is 0.0593 e. The van der Waals surface area contributed by atoms with Crippen LogP contribution in [0.2, 0.25) is 0 Å². The minimum Gasteiger partial charge on any atom is -0.272 e. The molecule has 22 heavy (non-hydrogen) atoms.